The van der Waals surface area contributed by atoms with Crippen molar-refractivity contribution >= 4 is 11.6 Å². The summed E-state index contributed by atoms with van der Waals surface area (Å²) in [6.07, 6.45) is 7.08. The van der Waals surface area contributed by atoms with Gasteiger partial charge in [-0.15, -0.1) is 0 Å². The molecular weight excluding hydrogens is 278 g/mol. The van der Waals surface area contributed by atoms with Crippen molar-refractivity contribution in [3.63, 3.8) is 0 Å². The van der Waals surface area contributed by atoms with E-state index in [0.717, 1.165) is 36.6 Å². The van der Waals surface area contributed by atoms with Gasteiger partial charge in [0, 0.05) is 24.3 Å². The van der Waals surface area contributed by atoms with Crippen molar-refractivity contribution in [1.82, 2.24) is 0 Å². The number of carbonyl (C=O) groups excluding carboxylic acids is 1. The molecule has 1 saturated carbocycles. The monoisotopic (exact) mass is 301 g/mol. The minimum absolute atomic E-state index is 0.0564. The van der Waals surface area contributed by atoms with Crippen LogP contribution in [0.15, 0.2) is 29.8 Å². The van der Waals surface area contributed by atoms with Gasteiger partial charge in [0.25, 0.3) is 0 Å². The number of fused-ring (bicyclic) bond motifs is 1. The Morgan fingerprint density at radius 3 is 2.68 bits per heavy atom. The van der Waals surface area contributed by atoms with Crippen LogP contribution < -0.4 is 14.8 Å². The molecule has 4 heteroatoms. The molecule has 22 heavy (non-hydrogen) atoms. The number of allylic oxidation sites excluding steroid dienone is 1. The fourth-order valence-electron chi connectivity index (χ4n) is 2.88. The molecule has 2 aliphatic rings. The summed E-state index contributed by atoms with van der Waals surface area (Å²) >= 11 is 0. The summed E-state index contributed by atoms with van der Waals surface area (Å²) in [6, 6.07) is 5.54. The molecule has 1 aromatic carbocycles. The molecule has 3 rings (SSSR count). The number of benzene rings is 1. The first-order chi connectivity index (χ1) is 10.7. The van der Waals surface area contributed by atoms with E-state index in [1.807, 2.05) is 18.2 Å². The normalized spacial score (nSPS) is 21.0. The van der Waals surface area contributed by atoms with E-state index in [1.165, 1.54) is 18.4 Å². The average molecular weight is 301 g/mol. The average Bonchev–Trinajstić information content (AvgIpc) is 2.74. The van der Waals surface area contributed by atoms with Gasteiger partial charge in [0.2, 0.25) is 5.91 Å². The standard InChI is InChI=1S/C18H23NO3/c1-13-3-5-14(6-4-13)11-18(20)19-15-7-8-16-17(12-15)22-10-2-9-21-16/h7-8,11-13H,2-6,9-10H2,1H3,(H,19,20). The molecule has 1 heterocycles. The third-order valence-electron chi connectivity index (χ3n) is 4.27. The number of ether oxygens (including phenoxy) is 2. The van der Waals surface area contributed by atoms with E-state index in [1.54, 1.807) is 6.08 Å². The lowest BCUT2D eigenvalue weighted by Gasteiger charge is -2.19. The largest absolute Gasteiger partial charge is 0.490 e. The van der Waals surface area contributed by atoms with Gasteiger partial charge >= 0.3 is 0 Å². The fraction of sp³-hybridized carbons (Fsp3) is 0.500. The summed E-state index contributed by atoms with van der Waals surface area (Å²) in [5, 5.41) is 2.92. The van der Waals surface area contributed by atoms with Gasteiger partial charge in [0.1, 0.15) is 0 Å². The number of anilines is 1. The molecule has 118 valence electrons. The van der Waals surface area contributed by atoms with Crippen molar-refractivity contribution in [3.8, 4) is 11.5 Å². The molecule has 1 aliphatic heterocycles. The summed E-state index contributed by atoms with van der Waals surface area (Å²) in [7, 11) is 0. The van der Waals surface area contributed by atoms with Crippen molar-refractivity contribution in [2.45, 2.75) is 39.0 Å². The highest BCUT2D eigenvalue weighted by Crippen LogP contribution is 2.32. The van der Waals surface area contributed by atoms with E-state index >= 15 is 0 Å². The minimum Gasteiger partial charge on any atom is -0.490 e. The zero-order valence-electron chi connectivity index (χ0n) is 13.1. The van der Waals surface area contributed by atoms with Crippen molar-refractivity contribution in [2.24, 2.45) is 5.92 Å². The lowest BCUT2D eigenvalue weighted by Crippen LogP contribution is -2.11. The highest BCUT2D eigenvalue weighted by molar-refractivity contribution is 6.00. The molecule has 0 spiro atoms. The second-order valence-corrected chi connectivity index (χ2v) is 6.19. The van der Waals surface area contributed by atoms with Crippen LogP contribution in [-0.2, 0) is 4.79 Å². The number of amides is 1. The number of hydrogen-bond donors (Lipinski definition) is 1. The first-order valence-electron chi connectivity index (χ1n) is 8.11. The Labute approximate surface area is 131 Å². The summed E-state index contributed by atoms with van der Waals surface area (Å²) in [6.45, 7) is 3.59. The molecule has 0 saturated heterocycles. The van der Waals surface area contributed by atoms with Crippen LogP contribution in [0.1, 0.15) is 39.0 Å². The van der Waals surface area contributed by atoms with Gasteiger partial charge in [-0.1, -0.05) is 12.5 Å². The highest BCUT2D eigenvalue weighted by atomic mass is 16.5. The third kappa shape index (κ3) is 3.81. The molecular formula is C18H23NO3. The number of rotatable bonds is 2. The molecule has 0 bridgehead atoms. The highest BCUT2D eigenvalue weighted by Gasteiger charge is 2.14. The van der Waals surface area contributed by atoms with Gasteiger partial charge in [-0.25, -0.2) is 0 Å². The maximum absolute atomic E-state index is 12.1. The SMILES string of the molecule is CC1CCC(=CC(=O)Nc2ccc3c(c2)OCCCO3)CC1. The lowest BCUT2D eigenvalue weighted by molar-refractivity contribution is -0.112. The Morgan fingerprint density at radius 1 is 1.18 bits per heavy atom. The summed E-state index contributed by atoms with van der Waals surface area (Å²) < 4.78 is 11.2. The Bertz CT molecular complexity index is 570. The Hall–Kier alpha value is -1.97. The van der Waals surface area contributed by atoms with E-state index in [2.05, 4.69) is 12.2 Å². The third-order valence-corrected chi connectivity index (χ3v) is 4.27. The molecule has 0 aromatic heterocycles. The summed E-state index contributed by atoms with van der Waals surface area (Å²) in [4.78, 5) is 12.1. The number of nitrogens with one attached hydrogen (secondary N) is 1. The van der Waals surface area contributed by atoms with Crippen molar-refractivity contribution in [3.05, 3.63) is 29.8 Å². The molecule has 0 unspecified atom stereocenters. The Kier molecular flexibility index (Phi) is 4.66. The molecule has 0 radical (unpaired) electrons. The van der Waals surface area contributed by atoms with Crippen LogP contribution in [0.3, 0.4) is 0 Å². The zero-order valence-corrected chi connectivity index (χ0v) is 13.1. The molecule has 1 aromatic rings. The van der Waals surface area contributed by atoms with Crippen LogP contribution in [-0.4, -0.2) is 19.1 Å². The lowest BCUT2D eigenvalue weighted by atomic mass is 9.87. The Morgan fingerprint density at radius 2 is 1.91 bits per heavy atom. The van der Waals surface area contributed by atoms with E-state index in [-0.39, 0.29) is 5.91 Å². The van der Waals surface area contributed by atoms with Gasteiger partial charge in [-0.3, -0.25) is 4.79 Å². The van der Waals surface area contributed by atoms with Crippen LogP contribution >= 0.6 is 0 Å². The first kappa shape index (κ1) is 14.9. The second-order valence-electron chi connectivity index (χ2n) is 6.19. The number of carbonyl (C=O) groups is 1. The summed E-state index contributed by atoms with van der Waals surface area (Å²) in [5.74, 6) is 2.17. The second kappa shape index (κ2) is 6.86. The van der Waals surface area contributed by atoms with Crippen LogP contribution in [0.5, 0.6) is 11.5 Å². The van der Waals surface area contributed by atoms with Gasteiger partial charge in [-0.2, -0.15) is 0 Å². The Balaban J connectivity index is 1.64. The van der Waals surface area contributed by atoms with Crippen molar-refractivity contribution < 1.29 is 14.3 Å². The van der Waals surface area contributed by atoms with E-state index in [0.29, 0.717) is 19.0 Å². The molecule has 1 aliphatic carbocycles. The smallest absolute Gasteiger partial charge is 0.248 e. The van der Waals surface area contributed by atoms with Gasteiger partial charge < -0.3 is 14.8 Å². The quantitative estimate of drug-likeness (QED) is 0.842. The van der Waals surface area contributed by atoms with Crippen LogP contribution in [0.25, 0.3) is 0 Å². The topological polar surface area (TPSA) is 47.6 Å². The van der Waals surface area contributed by atoms with E-state index in [9.17, 15) is 4.79 Å². The van der Waals surface area contributed by atoms with Gasteiger partial charge in [0.15, 0.2) is 11.5 Å². The van der Waals surface area contributed by atoms with Gasteiger partial charge in [0.05, 0.1) is 13.2 Å². The minimum atomic E-state index is -0.0564. The maximum Gasteiger partial charge on any atom is 0.248 e. The maximum atomic E-state index is 12.1. The zero-order chi connectivity index (χ0) is 15.4. The van der Waals surface area contributed by atoms with Crippen LogP contribution in [0.2, 0.25) is 0 Å². The van der Waals surface area contributed by atoms with Crippen LogP contribution in [0.4, 0.5) is 5.69 Å². The van der Waals surface area contributed by atoms with E-state index < -0.39 is 0 Å². The van der Waals surface area contributed by atoms with Crippen molar-refractivity contribution in [2.75, 3.05) is 18.5 Å². The first-order valence-corrected chi connectivity index (χ1v) is 8.11. The van der Waals surface area contributed by atoms with Crippen molar-refractivity contribution in [1.29, 1.82) is 0 Å². The molecule has 1 fully saturated rings. The van der Waals surface area contributed by atoms with Gasteiger partial charge in [-0.05, 0) is 43.7 Å². The molecule has 4 nitrogen and oxygen atoms in total. The predicted octanol–water partition coefficient (Wildman–Crippen LogP) is 3.92. The fourth-order valence-corrected chi connectivity index (χ4v) is 2.88. The van der Waals surface area contributed by atoms with Crippen LogP contribution in [0, 0.1) is 5.92 Å². The molecule has 0 atom stereocenters. The summed E-state index contributed by atoms with van der Waals surface area (Å²) in [5.41, 5.74) is 2.00. The number of hydrogen-bond acceptors (Lipinski definition) is 3. The molecule has 1 N–H and O–H groups in total. The predicted molar refractivity (Wildman–Crippen MR) is 86.4 cm³/mol. The van der Waals surface area contributed by atoms with E-state index in [4.69, 9.17) is 9.47 Å². The molecule has 1 amide bonds.